The maximum absolute atomic E-state index is 12.0. The van der Waals surface area contributed by atoms with Crippen LogP contribution in [-0.2, 0) is 4.79 Å². The third-order valence-electron chi connectivity index (χ3n) is 2.77. The SMILES string of the molecule is CC(C)CC(CN)C(=O)Nc1ccccc1[N+](=O)[O-]. The minimum absolute atomic E-state index is 0.115. The molecular formula is C13H19N3O3. The van der Waals surface area contributed by atoms with Crippen molar-refractivity contribution in [3.8, 4) is 0 Å². The number of carbonyl (C=O) groups excluding carboxylic acids is 1. The normalized spacial score (nSPS) is 12.2. The van der Waals surface area contributed by atoms with E-state index in [2.05, 4.69) is 5.32 Å². The van der Waals surface area contributed by atoms with Gasteiger partial charge >= 0.3 is 0 Å². The van der Waals surface area contributed by atoms with Crippen LogP contribution in [0.4, 0.5) is 11.4 Å². The molecule has 104 valence electrons. The van der Waals surface area contributed by atoms with Gasteiger partial charge in [0.1, 0.15) is 5.69 Å². The summed E-state index contributed by atoms with van der Waals surface area (Å²) in [5, 5.41) is 13.4. The van der Waals surface area contributed by atoms with Crippen molar-refractivity contribution in [1.82, 2.24) is 0 Å². The molecule has 0 aromatic heterocycles. The van der Waals surface area contributed by atoms with Gasteiger partial charge < -0.3 is 11.1 Å². The van der Waals surface area contributed by atoms with Crippen molar-refractivity contribution in [2.24, 2.45) is 17.6 Å². The Morgan fingerprint density at radius 2 is 2.05 bits per heavy atom. The zero-order chi connectivity index (χ0) is 14.4. The molecule has 6 nitrogen and oxygen atoms in total. The lowest BCUT2D eigenvalue weighted by Gasteiger charge is -2.16. The molecule has 1 rings (SSSR count). The van der Waals surface area contributed by atoms with Gasteiger partial charge in [-0.1, -0.05) is 26.0 Å². The Morgan fingerprint density at radius 1 is 1.42 bits per heavy atom. The molecule has 0 heterocycles. The zero-order valence-electron chi connectivity index (χ0n) is 11.1. The van der Waals surface area contributed by atoms with Crippen LogP contribution in [0.3, 0.4) is 0 Å². The predicted molar refractivity (Wildman–Crippen MR) is 73.7 cm³/mol. The molecule has 6 heteroatoms. The quantitative estimate of drug-likeness (QED) is 0.608. The van der Waals surface area contributed by atoms with Gasteiger partial charge in [-0.2, -0.15) is 0 Å². The first-order valence-electron chi connectivity index (χ1n) is 6.20. The van der Waals surface area contributed by atoms with E-state index >= 15 is 0 Å². The summed E-state index contributed by atoms with van der Waals surface area (Å²) in [6.07, 6.45) is 0.656. The van der Waals surface area contributed by atoms with Crippen molar-refractivity contribution >= 4 is 17.3 Å². The Hall–Kier alpha value is -1.95. The summed E-state index contributed by atoms with van der Waals surface area (Å²) >= 11 is 0. The van der Waals surface area contributed by atoms with Gasteiger partial charge in [0.15, 0.2) is 0 Å². The number of amides is 1. The summed E-state index contributed by atoms with van der Waals surface area (Å²) in [6.45, 7) is 4.23. The zero-order valence-corrected chi connectivity index (χ0v) is 11.1. The van der Waals surface area contributed by atoms with Gasteiger partial charge in [0.2, 0.25) is 5.91 Å². The maximum Gasteiger partial charge on any atom is 0.292 e. The van der Waals surface area contributed by atoms with E-state index in [4.69, 9.17) is 5.73 Å². The molecule has 0 radical (unpaired) electrons. The first-order valence-corrected chi connectivity index (χ1v) is 6.20. The van der Waals surface area contributed by atoms with Gasteiger partial charge in [-0.25, -0.2) is 0 Å². The lowest BCUT2D eigenvalue weighted by Crippen LogP contribution is -2.30. The summed E-state index contributed by atoms with van der Waals surface area (Å²) < 4.78 is 0. The molecule has 1 amide bonds. The number of nitrogens with two attached hydrogens (primary N) is 1. The van der Waals surface area contributed by atoms with Gasteiger partial charge in [-0.3, -0.25) is 14.9 Å². The first-order chi connectivity index (χ1) is 8.95. The van der Waals surface area contributed by atoms with Crippen LogP contribution >= 0.6 is 0 Å². The first kappa shape index (κ1) is 15.1. The second kappa shape index (κ2) is 6.84. The van der Waals surface area contributed by atoms with E-state index in [1.165, 1.54) is 12.1 Å². The van der Waals surface area contributed by atoms with Crippen LogP contribution in [0.25, 0.3) is 0 Å². The lowest BCUT2D eigenvalue weighted by molar-refractivity contribution is -0.383. The van der Waals surface area contributed by atoms with Crippen molar-refractivity contribution in [3.63, 3.8) is 0 Å². The molecule has 0 saturated heterocycles. The number of nitro groups is 1. The molecule has 0 bridgehead atoms. The van der Waals surface area contributed by atoms with Crippen LogP contribution in [0.1, 0.15) is 20.3 Å². The summed E-state index contributed by atoms with van der Waals surface area (Å²) in [5.74, 6) is -0.268. The van der Waals surface area contributed by atoms with Crippen molar-refractivity contribution in [1.29, 1.82) is 0 Å². The number of nitrogens with one attached hydrogen (secondary N) is 1. The fourth-order valence-corrected chi connectivity index (χ4v) is 1.85. The van der Waals surface area contributed by atoms with Crippen molar-refractivity contribution in [2.75, 3.05) is 11.9 Å². The van der Waals surface area contributed by atoms with Gasteiger partial charge in [0, 0.05) is 12.6 Å². The highest BCUT2D eigenvalue weighted by Gasteiger charge is 2.21. The Labute approximate surface area is 112 Å². The number of rotatable bonds is 6. The predicted octanol–water partition coefficient (Wildman–Crippen LogP) is 2.15. The molecule has 0 saturated carbocycles. The summed E-state index contributed by atoms with van der Waals surface area (Å²) in [7, 11) is 0. The average Bonchev–Trinajstić information content (AvgIpc) is 2.35. The lowest BCUT2D eigenvalue weighted by atomic mass is 9.96. The van der Waals surface area contributed by atoms with E-state index in [9.17, 15) is 14.9 Å². The highest BCUT2D eigenvalue weighted by Crippen LogP contribution is 2.24. The van der Waals surface area contributed by atoms with E-state index in [1.54, 1.807) is 12.1 Å². The molecule has 0 aliphatic rings. The smallest absolute Gasteiger partial charge is 0.292 e. The highest BCUT2D eigenvalue weighted by molar-refractivity contribution is 5.94. The number of para-hydroxylation sites is 2. The van der Waals surface area contributed by atoms with Gasteiger partial charge in [0.25, 0.3) is 5.69 Å². The van der Waals surface area contributed by atoms with E-state index in [0.29, 0.717) is 12.3 Å². The number of carbonyl (C=O) groups is 1. The fraction of sp³-hybridized carbons (Fsp3) is 0.462. The Balaban J connectivity index is 2.84. The van der Waals surface area contributed by atoms with Crippen LogP contribution in [0, 0.1) is 22.0 Å². The number of benzene rings is 1. The third-order valence-corrected chi connectivity index (χ3v) is 2.77. The van der Waals surface area contributed by atoms with Crippen molar-refractivity contribution in [3.05, 3.63) is 34.4 Å². The van der Waals surface area contributed by atoms with Crippen LogP contribution in [-0.4, -0.2) is 17.4 Å². The van der Waals surface area contributed by atoms with Gasteiger partial charge in [-0.05, 0) is 18.4 Å². The number of anilines is 1. The number of hydrogen-bond acceptors (Lipinski definition) is 4. The number of nitro benzene ring substituents is 1. The topological polar surface area (TPSA) is 98.3 Å². The Kier molecular flexibility index (Phi) is 5.44. The Bertz CT molecular complexity index is 460. The molecule has 1 atom stereocenters. The number of nitrogens with zero attached hydrogens (tertiary/aromatic N) is 1. The third kappa shape index (κ3) is 4.33. The molecule has 0 fully saturated rings. The molecule has 19 heavy (non-hydrogen) atoms. The molecular weight excluding hydrogens is 246 g/mol. The second-order valence-corrected chi connectivity index (χ2v) is 4.83. The molecule has 0 aliphatic carbocycles. The molecule has 3 N–H and O–H groups in total. The van der Waals surface area contributed by atoms with E-state index < -0.39 is 4.92 Å². The molecule has 1 aromatic rings. The number of hydrogen-bond donors (Lipinski definition) is 2. The van der Waals surface area contributed by atoms with Crippen LogP contribution in [0.15, 0.2) is 24.3 Å². The van der Waals surface area contributed by atoms with Gasteiger partial charge in [-0.15, -0.1) is 0 Å². The Morgan fingerprint density at radius 3 is 2.58 bits per heavy atom. The van der Waals surface area contributed by atoms with Crippen molar-refractivity contribution < 1.29 is 9.72 Å². The van der Waals surface area contributed by atoms with E-state index in [-0.39, 0.29) is 29.7 Å². The van der Waals surface area contributed by atoms with Crippen molar-refractivity contribution in [2.45, 2.75) is 20.3 Å². The second-order valence-electron chi connectivity index (χ2n) is 4.83. The van der Waals surface area contributed by atoms with Gasteiger partial charge in [0.05, 0.1) is 10.8 Å². The minimum atomic E-state index is -0.518. The standard InChI is InChI=1S/C13H19N3O3/c1-9(2)7-10(8-14)13(17)15-11-5-3-4-6-12(11)16(18)19/h3-6,9-10H,7-8,14H2,1-2H3,(H,15,17). The highest BCUT2D eigenvalue weighted by atomic mass is 16.6. The summed E-state index contributed by atoms with van der Waals surface area (Å²) in [5.41, 5.74) is 5.67. The molecule has 1 unspecified atom stereocenters. The summed E-state index contributed by atoms with van der Waals surface area (Å²) in [6, 6.07) is 6.07. The molecule has 1 aromatic carbocycles. The van der Waals surface area contributed by atoms with E-state index in [1.807, 2.05) is 13.8 Å². The van der Waals surface area contributed by atoms with Crippen LogP contribution in [0.2, 0.25) is 0 Å². The average molecular weight is 265 g/mol. The van der Waals surface area contributed by atoms with Crippen LogP contribution in [0.5, 0.6) is 0 Å². The van der Waals surface area contributed by atoms with Crippen LogP contribution < -0.4 is 11.1 Å². The molecule has 0 spiro atoms. The van der Waals surface area contributed by atoms with E-state index in [0.717, 1.165) is 0 Å². The fourth-order valence-electron chi connectivity index (χ4n) is 1.85. The largest absolute Gasteiger partial charge is 0.330 e. The maximum atomic E-state index is 12.0. The summed E-state index contributed by atoms with van der Waals surface area (Å²) in [4.78, 5) is 22.4. The monoisotopic (exact) mass is 265 g/mol. The molecule has 0 aliphatic heterocycles. The minimum Gasteiger partial charge on any atom is -0.330 e.